The van der Waals surface area contributed by atoms with Gasteiger partial charge < -0.3 is 9.97 Å². The number of para-hydroxylation sites is 1. The Bertz CT molecular complexity index is 885. The summed E-state index contributed by atoms with van der Waals surface area (Å²) >= 11 is 0. The van der Waals surface area contributed by atoms with Crippen molar-refractivity contribution < 1.29 is 4.39 Å². The van der Waals surface area contributed by atoms with Crippen molar-refractivity contribution in [2.24, 2.45) is 0 Å². The molecule has 0 unspecified atom stereocenters. The molecule has 2 aromatic carbocycles. The van der Waals surface area contributed by atoms with E-state index in [0.29, 0.717) is 0 Å². The second-order valence-electron chi connectivity index (χ2n) is 5.07. The van der Waals surface area contributed by atoms with Crippen LogP contribution in [0.3, 0.4) is 0 Å². The molecule has 3 heteroatoms. The van der Waals surface area contributed by atoms with Crippen LogP contribution in [-0.2, 0) is 0 Å². The fourth-order valence-electron chi connectivity index (χ4n) is 2.60. The SMILES string of the molecule is Fc1cccc(-c2ccc(-c3cc4ccccc4[nH]3)[nH]2)c1. The van der Waals surface area contributed by atoms with Crippen molar-refractivity contribution in [2.45, 2.75) is 0 Å². The summed E-state index contributed by atoms with van der Waals surface area (Å²) in [4.78, 5) is 6.72. The molecule has 21 heavy (non-hydrogen) atoms. The Balaban J connectivity index is 1.77. The van der Waals surface area contributed by atoms with Gasteiger partial charge in [0.25, 0.3) is 0 Å². The largest absolute Gasteiger partial charge is 0.353 e. The molecule has 102 valence electrons. The van der Waals surface area contributed by atoms with E-state index in [1.165, 1.54) is 17.5 Å². The fourth-order valence-corrected chi connectivity index (χ4v) is 2.60. The summed E-state index contributed by atoms with van der Waals surface area (Å²) in [6, 6.07) is 20.8. The Kier molecular flexibility index (Phi) is 2.64. The topological polar surface area (TPSA) is 31.6 Å². The van der Waals surface area contributed by atoms with Gasteiger partial charge >= 0.3 is 0 Å². The third kappa shape index (κ3) is 2.13. The monoisotopic (exact) mass is 276 g/mol. The van der Waals surface area contributed by atoms with Gasteiger partial charge in [0.2, 0.25) is 0 Å². The van der Waals surface area contributed by atoms with Gasteiger partial charge in [0.1, 0.15) is 5.82 Å². The van der Waals surface area contributed by atoms with E-state index in [9.17, 15) is 4.39 Å². The van der Waals surface area contributed by atoms with Crippen LogP contribution in [0.4, 0.5) is 4.39 Å². The van der Waals surface area contributed by atoms with Gasteiger partial charge in [0.05, 0.1) is 11.4 Å². The average molecular weight is 276 g/mol. The zero-order valence-electron chi connectivity index (χ0n) is 11.2. The van der Waals surface area contributed by atoms with Crippen LogP contribution in [-0.4, -0.2) is 9.97 Å². The molecular weight excluding hydrogens is 263 g/mol. The first-order valence-electron chi connectivity index (χ1n) is 6.83. The number of aromatic nitrogens is 2. The van der Waals surface area contributed by atoms with Gasteiger partial charge in [-0.1, -0.05) is 30.3 Å². The van der Waals surface area contributed by atoms with E-state index in [0.717, 1.165) is 28.2 Å². The number of aromatic amines is 2. The lowest BCUT2D eigenvalue weighted by Gasteiger charge is -1.98. The van der Waals surface area contributed by atoms with E-state index in [2.05, 4.69) is 28.2 Å². The summed E-state index contributed by atoms with van der Waals surface area (Å²) in [7, 11) is 0. The van der Waals surface area contributed by atoms with Crippen LogP contribution in [0.2, 0.25) is 0 Å². The predicted octanol–water partition coefficient (Wildman–Crippen LogP) is 4.97. The van der Waals surface area contributed by atoms with Gasteiger partial charge in [-0.2, -0.15) is 0 Å². The highest BCUT2D eigenvalue weighted by atomic mass is 19.1. The standard InChI is InChI=1S/C18H13FN2/c19-14-6-3-5-12(10-14)16-8-9-17(20-16)18-11-13-4-1-2-7-15(13)21-18/h1-11,20-21H. The van der Waals surface area contributed by atoms with Crippen molar-refractivity contribution in [1.29, 1.82) is 0 Å². The molecule has 0 aliphatic carbocycles. The number of nitrogens with one attached hydrogen (secondary N) is 2. The van der Waals surface area contributed by atoms with Crippen LogP contribution in [0, 0.1) is 5.82 Å². The van der Waals surface area contributed by atoms with Crippen molar-refractivity contribution >= 4 is 10.9 Å². The normalized spacial score (nSPS) is 11.1. The van der Waals surface area contributed by atoms with Gasteiger partial charge in [-0.15, -0.1) is 0 Å². The van der Waals surface area contributed by atoms with Gasteiger partial charge in [-0.3, -0.25) is 0 Å². The maximum atomic E-state index is 13.3. The number of hydrogen-bond donors (Lipinski definition) is 2. The van der Waals surface area contributed by atoms with Crippen molar-refractivity contribution in [3.63, 3.8) is 0 Å². The number of H-pyrrole nitrogens is 2. The molecule has 0 aliphatic rings. The summed E-state index contributed by atoms with van der Waals surface area (Å²) < 4.78 is 13.3. The molecule has 0 bridgehead atoms. The zero-order valence-corrected chi connectivity index (χ0v) is 11.2. The molecule has 4 rings (SSSR count). The molecule has 4 aromatic rings. The number of hydrogen-bond acceptors (Lipinski definition) is 0. The lowest BCUT2D eigenvalue weighted by atomic mass is 10.1. The minimum absolute atomic E-state index is 0.228. The van der Waals surface area contributed by atoms with Gasteiger partial charge in [0, 0.05) is 22.2 Å². The number of benzene rings is 2. The summed E-state index contributed by atoms with van der Waals surface area (Å²) in [6.07, 6.45) is 0. The first-order chi connectivity index (χ1) is 10.3. The second kappa shape index (κ2) is 4.63. The molecule has 2 aromatic heterocycles. The molecule has 2 nitrogen and oxygen atoms in total. The van der Waals surface area contributed by atoms with Gasteiger partial charge in [-0.05, 0) is 36.4 Å². The van der Waals surface area contributed by atoms with Crippen molar-refractivity contribution in [2.75, 3.05) is 0 Å². The first-order valence-corrected chi connectivity index (χ1v) is 6.83. The number of rotatable bonds is 2. The summed E-state index contributed by atoms with van der Waals surface area (Å²) in [5.41, 5.74) is 4.87. The molecule has 2 heterocycles. The van der Waals surface area contributed by atoms with Crippen molar-refractivity contribution in [1.82, 2.24) is 9.97 Å². The number of fused-ring (bicyclic) bond motifs is 1. The molecule has 0 atom stereocenters. The third-order valence-corrected chi connectivity index (χ3v) is 3.64. The lowest BCUT2D eigenvalue weighted by Crippen LogP contribution is -1.81. The maximum Gasteiger partial charge on any atom is 0.123 e. The molecule has 0 radical (unpaired) electrons. The van der Waals surface area contributed by atoms with E-state index >= 15 is 0 Å². The molecule has 0 fully saturated rings. The molecule has 0 spiro atoms. The Morgan fingerprint density at radius 1 is 0.667 bits per heavy atom. The van der Waals surface area contributed by atoms with Crippen LogP contribution in [0.5, 0.6) is 0 Å². The van der Waals surface area contributed by atoms with E-state index in [1.54, 1.807) is 6.07 Å². The minimum atomic E-state index is -0.228. The van der Waals surface area contributed by atoms with Crippen LogP contribution < -0.4 is 0 Å². The maximum absolute atomic E-state index is 13.3. The highest BCUT2D eigenvalue weighted by molar-refractivity contribution is 5.85. The molecule has 0 amide bonds. The Morgan fingerprint density at radius 3 is 2.38 bits per heavy atom. The van der Waals surface area contributed by atoms with E-state index in [-0.39, 0.29) is 5.82 Å². The molecule has 0 saturated carbocycles. The zero-order chi connectivity index (χ0) is 14.2. The lowest BCUT2D eigenvalue weighted by molar-refractivity contribution is 0.628. The summed E-state index contributed by atoms with van der Waals surface area (Å²) in [5, 5.41) is 1.18. The van der Waals surface area contributed by atoms with Crippen LogP contribution in [0.15, 0.2) is 66.7 Å². The van der Waals surface area contributed by atoms with E-state index < -0.39 is 0 Å². The van der Waals surface area contributed by atoms with Gasteiger partial charge in [-0.25, -0.2) is 4.39 Å². The van der Waals surface area contributed by atoms with Crippen LogP contribution >= 0.6 is 0 Å². The second-order valence-corrected chi connectivity index (χ2v) is 5.07. The molecule has 0 saturated heterocycles. The molecule has 0 aliphatic heterocycles. The highest BCUT2D eigenvalue weighted by Crippen LogP contribution is 2.27. The van der Waals surface area contributed by atoms with Crippen LogP contribution in [0.1, 0.15) is 0 Å². The highest BCUT2D eigenvalue weighted by Gasteiger charge is 2.07. The van der Waals surface area contributed by atoms with Crippen molar-refractivity contribution in [3.05, 3.63) is 72.5 Å². The van der Waals surface area contributed by atoms with Gasteiger partial charge in [0.15, 0.2) is 0 Å². The van der Waals surface area contributed by atoms with E-state index in [4.69, 9.17) is 0 Å². The summed E-state index contributed by atoms with van der Waals surface area (Å²) in [5.74, 6) is -0.228. The van der Waals surface area contributed by atoms with E-state index in [1.807, 2.05) is 30.3 Å². The van der Waals surface area contributed by atoms with Crippen LogP contribution in [0.25, 0.3) is 33.5 Å². The third-order valence-electron chi connectivity index (χ3n) is 3.64. The average Bonchev–Trinajstić information content (AvgIpc) is 3.14. The first kappa shape index (κ1) is 12.0. The fraction of sp³-hybridized carbons (Fsp3) is 0. The molecular formula is C18H13FN2. The quantitative estimate of drug-likeness (QED) is 0.518. The minimum Gasteiger partial charge on any atom is -0.353 e. The Labute approximate surface area is 121 Å². The van der Waals surface area contributed by atoms with Crippen molar-refractivity contribution in [3.8, 4) is 22.6 Å². The smallest absolute Gasteiger partial charge is 0.123 e. The Morgan fingerprint density at radius 2 is 1.52 bits per heavy atom. The Hall–Kier alpha value is -2.81. The predicted molar refractivity (Wildman–Crippen MR) is 83.5 cm³/mol. The molecule has 2 N–H and O–H groups in total. The summed E-state index contributed by atoms with van der Waals surface area (Å²) in [6.45, 7) is 0. The number of halogens is 1.